The van der Waals surface area contributed by atoms with Crippen molar-refractivity contribution in [1.29, 1.82) is 0 Å². The lowest BCUT2D eigenvalue weighted by Crippen LogP contribution is -2.48. The molecule has 5 nitrogen and oxygen atoms in total. The summed E-state index contributed by atoms with van der Waals surface area (Å²) in [4.78, 5) is 6.82. The molecule has 1 aliphatic rings. The lowest BCUT2D eigenvalue weighted by atomic mass is 10.2. The van der Waals surface area contributed by atoms with Gasteiger partial charge in [-0.25, -0.2) is 13.4 Å². The maximum absolute atomic E-state index is 12.7. The smallest absolute Gasteiger partial charge is 0.243 e. The van der Waals surface area contributed by atoms with Gasteiger partial charge in [0, 0.05) is 37.8 Å². The predicted octanol–water partition coefficient (Wildman–Crippen LogP) is 1.96. The quantitative estimate of drug-likeness (QED) is 0.866. The van der Waals surface area contributed by atoms with E-state index in [-0.39, 0.29) is 0 Å². The van der Waals surface area contributed by atoms with Crippen LogP contribution in [0.3, 0.4) is 0 Å². The molecule has 0 amide bonds. The normalized spacial score (nSPS) is 17.1. The van der Waals surface area contributed by atoms with E-state index in [1.54, 1.807) is 34.0 Å². The van der Waals surface area contributed by atoms with Crippen LogP contribution in [0.15, 0.2) is 40.7 Å². The number of aromatic nitrogens is 1. The van der Waals surface area contributed by atoms with Gasteiger partial charge in [-0.1, -0.05) is 18.2 Å². The lowest BCUT2D eigenvalue weighted by molar-refractivity contribution is 0.384. The highest BCUT2D eigenvalue weighted by Crippen LogP contribution is 2.23. The Hall–Kier alpha value is -1.44. The molecule has 0 saturated carbocycles. The standard InChI is InChI=1S/C14H17N3O2S2/c1-12-4-2-3-5-13(12)21(18,19)17-9-7-16(8-10-17)14-15-6-11-20-14/h2-6,11H,7-10H2,1H3. The van der Waals surface area contributed by atoms with E-state index < -0.39 is 10.0 Å². The zero-order valence-corrected chi connectivity index (χ0v) is 13.4. The van der Waals surface area contributed by atoms with Crippen LogP contribution >= 0.6 is 11.3 Å². The van der Waals surface area contributed by atoms with Crippen molar-refractivity contribution in [3.05, 3.63) is 41.4 Å². The van der Waals surface area contributed by atoms with E-state index in [1.165, 1.54) is 0 Å². The number of aryl methyl sites for hydroxylation is 1. The fourth-order valence-corrected chi connectivity index (χ4v) is 4.82. The zero-order valence-electron chi connectivity index (χ0n) is 11.8. The zero-order chi connectivity index (χ0) is 14.9. The Labute approximate surface area is 128 Å². The van der Waals surface area contributed by atoms with Gasteiger partial charge in [0.25, 0.3) is 0 Å². The molecule has 0 spiro atoms. The Bertz CT molecular complexity index is 706. The van der Waals surface area contributed by atoms with Gasteiger partial charge in [0.1, 0.15) is 0 Å². The van der Waals surface area contributed by atoms with Crippen molar-refractivity contribution in [1.82, 2.24) is 9.29 Å². The largest absolute Gasteiger partial charge is 0.345 e. The van der Waals surface area contributed by atoms with E-state index in [4.69, 9.17) is 0 Å². The summed E-state index contributed by atoms with van der Waals surface area (Å²) in [5.74, 6) is 0. The summed E-state index contributed by atoms with van der Waals surface area (Å²) in [6.45, 7) is 4.18. The summed E-state index contributed by atoms with van der Waals surface area (Å²) < 4.78 is 27.0. The van der Waals surface area contributed by atoms with E-state index in [9.17, 15) is 8.42 Å². The molecule has 0 atom stereocenters. The summed E-state index contributed by atoms with van der Waals surface area (Å²) in [6, 6.07) is 7.14. The number of anilines is 1. The topological polar surface area (TPSA) is 53.5 Å². The number of rotatable bonds is 3. The Kier molecular flexibility index (Phi) is 3.97. The molecule has 7 heteroatoms. The number of hydrogen-bond donors (Lipinski definition) is 0. The first kappa shape index (κ1) is 14.5. The second kappa shape index (κ2) is 5.75. The average Bonchev–Trinajstić information content (AvgIpc) is 3.02. The molecular weight excluding hydrogens is 306 g/mol. The van der Waals surface area contributed by atoms with Crippen molar-refractivity contribution in [2.24, 2.45) is 0 Å². The summed E-state index contributed by atoms with van der Waals surface area (Å²) in [5, 5.41) is 2.90. The van der Waals surface area contributed by atoms with Gasteiger partial charge in [-0.2, -0.15) is 4.31 Å². The average molecular weight is 323 g/mol. The number of piperazine rings is 1. The maximum Gasteiger partial charge on any atom is 0.243 e. The summed E-state index contributed by atoms with van der Waals surface area (Å²) in [5.41, 5.74) is 0.792. The van der Waals surface area contributed by atoms with Crippen LogP contribution < -0.4 is 4.90 Å². The second-order valence-corrected chi connectivity index (χ2v) is 7.75. The molecule has 0 bridgehead atoms. The SMILES string of the molecule is Cc1ccccc1S(=O)(=O)N1CCN(c2nccs2)CC1. The van der Waals surface area contributed by atoms with E-state index in [0.29, 0.717) is 31.1 Å². The Morgan fingerprint density at radius 1 is 1.14 bits per heavy atom. The van der Waals surface area contributed by atoms with Gasteiger partial charge < -0.3 is 4.90 Å². The lowest BCUT2D eigenvalue weighted by Gasteiger charge is -2.34. The Balaban J connectivity index is 1.76. The van der Waals surface area contributed by atoms with Gasteiger partial charge in [-0.3, -0.25) is 0 Å². The monoisotopic (exact) mass is 323 g/mol. The minimum atomic E-state index is -3.40. The molecular formula is C14H17N3O2S2. The Morgan fingerprint density at radius 2 is 1.86 bits per heavy atom. The molecule has 1 saturated heterocycles. The maximum atomic E-state index is 12.7. The van der Waals surface area contributed by atoms with Crippen LogP contribution in [-0.2, 0) is 10.0 Å². The number of thiazole rings is 1. The minimum absolute atomic E-state index is 0.410. The van der Waals surface area contributed by atoms with Crippen LogP contribution in [-0.4, -0.2) is 43.9 Å². The highest BCUT2D eigenvalue weighted by molar-refractivity contribution is 7.89. The van der Waals surface area contributed by atoms with E-state index in [2.05, 4.69) is 9.88 Å². The molecule has 0 unspecified atom stereocenters. The van der Waals surface area contributed by atoms with Crippen LogP contribution in [0.25, 0.3) is 0 Å². The molecule has 1 aliphatic heterocycles. The number of nitrogens with zero attached hydrogens (tertiary/aromatic N) is 3. The van der Waals surface area contributed by atoms with Crippen LogP contribution in [0.2, 0.25) is 0 Å². The summed E-state index contributed by atoms with van der Waals surface area (Å²) in [7, 11) is -3.40. The molecule has 2 heterocycles. The summed E-state index contributed by atoms with van der Waals surface area (Å²) in [6.07, 6.45) is 1.77. The van der Waals surface area contributed by atoms with Crippen LogP contribution in [0.4, 0.5) is 5.13 Å². The van der Waals surface area contributed by atoms with E-state index >= 15 is 0 Å². The van der Waals surface area contributed by atoms with Gasteiger partial charge in [-0.15, -0.1) is 11.3 Å². The molecule has 2 aromatic rings. The van der Waals surface area contributed by atoms with Gasteiger partial charge >= 0.3 is 0 Å². The first-order valence-corrected chi connectivity index (χ1v) is 9.11. The molecule has 112 valence electrons. The van der Waals surface area contributed by atoms with Gasteiger partial charge in [0.2, 0.25) is 10.0 Å². The Morgan fingerprint density at radius 3 is 2.48 bits per heavy atom. The van der Waals surface area contributed by atoms with Crippen LogP contribution in [0, 0.1) is 6.92 Å². The molecule has 1 aromatic carbocycles. The summed E-state index contributed by atoms with van der Waals surface area (Å²) >= 11 is 1.58. The van der Waals surface area contributed by atoms with Gasteiger partial charge in [0.05, 0.1) is 4.90 Å². The van der Waals surface area contributed by atoms with E-state index in [1.807, 2.05) is 24.4 Å². The fourth-order valence-electron chi connectivity index (χ4n) is 2.48. The minimum Gasteiger partial charge on any atom is -0.345 e. The van der Waals surface area contributed by atoms with Gasteiger partial charge in [-0.05, 0) is 18.6 Å². The van der Waals surface area contributed by atoms with Crippen molar-refractivity contribution in [2.45, 2.75) is 11.8 Å². The number of benzene rings is 1. The van der Waals surface area contributed by atoms with E-state index in [0.717, 1.165) is 10.7 Å². The van der Waals surface area contributed by atoms with Gasteiger partial charge in [0.15, 0.2) is 5.13 Å². The predicted molar refractivity (Wildman–Crippen MR) is 84.3 cm³/mol. The first-order chi connectivity index (χ1) is 10.1. The molecule has 1 fully saturated rings. The molecule has 0 radical (unpaired) electrons. The van der Waals surface area contributed by atoms with Crippen molar-refractivity contribution in [3.63, 3.8) is 0 Å². The molecule has 0 N–H and O–H groups in total. The third-order valence-electron chi connectivity index (χ3n) is 3.64. The number of hydrogen-bond acceptors (Lipinski definition) is 5. The number of sulfonamides is 1. The highest BCUT2D eigenvalue weighted by Gasteiger charge is 2.29. The third-order valence-corrected chi connectivity index (χ3v) is 6.53. The van der Waals surface area contributed by atoms with Crippen LogP contribution in [0.5, 0.6) is 0 Å². The second-order valence-electron chi connectivity index (χ2n) is 4.97. The van der Waals surface area contributed by atoms with Crippen molar-refractivity contribution < 1.29 is 8.42 Å². The van der Waals surface area contributed by atoms with Crippen molar-refractivity contribution in [3.8, 4) is 0 Å². The highest BCUT2D eigenvalue weighted by atomic mass is 32.2. The molecule has 0 aliphatic carbocycles. The van der Waals surface area contributed by atoms with Crippen molar-refractivity contribution in [2.75, 3.05) is 31.1 Å². The molecule has 3 rings (SSSR count). The van der Waals surface area contributed by atoms with Crippen LogP contribution in [0.1, 0.15) is 5.56 Å². The molecule has 21 heavy (non-hydrogen) atoms. The fraction of sp³-hybridized carbons (Fsp3) is 0.357. The molecule has 1 aromatic heterocycles. The van der Waals surface area contributed by atoms with Crippen molar-refractivity contribution >= 4 is 26.5 Å². The third kappa shape index (κ3) is 2.81. The first-order valence-electron chi connectivity index (χ1n) is 6.79.